The van der Waals surface area contributed by atoms with Crippen LogP contribution in [-0.4, -0.2) is 53.9 Å². The molecule has 0 radical (unpaired) electrons. The van der Waals surface area contributed by atoms with Gasteiger partial charge in [-0.1, -0.05) is 12.1 Å². The van der Waals surface area contributed by atoms with E-state index in [1.807, 2.05) is 4.98 Å². The Kier molecular flexibility index (Phi) is 7.95. The maximum atomic E-state index is 14.1. The van der Waals surface area contributed by atoms with Gasteiger partial charge in [0.1, 0.15) is 5.82 Å². The fourth-order valence-corrected chi connectivity index (χ4v) is 4.41. The topological polar surface area (TPSA) is 104 Å². The maximum absolute atomic E-state index is 14.1. The molecule has 0 aliphatic heterocycles. The van der Waals surface area contributed by atoms with E-state index in [0.717, 1.165) is 23.9 Å². The number of thioether (sulfide) groups is 1. The van der Waals surface area contributed by atoms with Gasteiger partial charge in [0.05, 0.1) is 42.4 Å². The number of aliphatic hydroxyl groups is 1. The maximum Gasteiger partial charge on any atom is 0.417 e. The van der Waals surface area contributed by atoms with Crippen LogP contribution in [0, 0.1) is 5.82 Å². The second kappa shape index (κ2) is 10.5. The molecular formula is C21H20F4N2O5S. The van der Waals surface area contributed by atoms with Crippen LogP contribution >= 0.6 is 11.8 Å². The molecule has 0 spiro atoms. The molecule has 1 unspecified atom stereocenters. The minimum Gasteiger partial charge on any atom is -0.394 e. The van der Waals surface area contributed by atoms with Gasteiger partial charge in [0.15, 0.2) is 0 Å². The molecule has 0 saturated heterocycles. The fourth-order valence-electron chi connectivity index (χ4n) is 3.18. The van der Waals surface area contributed by atoms with Crippen LogP contribution in [0.2, 0.25) is 0 Å². The molecule has 3 aromatic rings. The largest absolute Gasteiger partial charge is 0.417 e. The zero-order valence-electron chi connectivity index (χ0n) is 17.3. The SMILES string of the molecule is COCCOC(CO)CSc1c(-c2ccc(F)cc2)c(C(F)(F)F)cc2c(=O)[nH]c(=O)[nH]c12. The van der Waals surface area contributed by atoms with Crippen molar-refractivity contribution in [2.75, 3.05) is 32.7 Å². The van der Waals surface area contributed by atoms with Crippen molar-refractivity contribution in [2.45, 2.75) is 17.2 Å². The minimum absolute atomic E-state index is 0.000348. The number of ether oxygens (including phenoxy) is 2. The van der Waals surface area contributed by atoms with Gasteiger partial charge in [0.2, 0.25) is 0 Å². The molecule has 1 aromatic heterocycles. The first-order chi connectivity index (χ1) is 15.7. The first-order valence-electron chi connectivity index (χ1n) is 9.66. The Morgan fingerprint density at radius 2 is 1.82 bits per heavy atom. The van der Waals surface area contributed by atoms with Crippen LogP contribution in [0.3, 0.4) is 0 Å². The van der Waals surface area contributed by atoms with E-state index in [1.165, 1.54) is 19.2 Å². The second-order valence-corrected chi connectivity index (χ2v) is 7.97. The average molecular weight is 488 g/mol. The van der Waals surface area contributed by atoms with Crippen molar-refractivity contribution in [3.63, 3.8) is 0 Å². The molecule has 0 aliphatic carbocycles. The van der Waals surface area contributed by atoms with Crippen LogP contribution < -0.4 is 11.2 Å². The number of fused-ring (bicyclic) bond motifs is 1. The number of halogens is 4. The van der Waals surface area contributed by atoms with Crippen molar-refractivity contribution in [1.82, 2.24) is 9.97 Å². The number of hydrogen-bond acceptors (Lipinski definition) is 6. The van der Waals surface area contributed by atoms with Gasteiger partial charge in [-0.2, -0.15) is 13.2 Å². The van der Waals surface area contributed by atoms with Crippen molar-refractivity contribution in [1.29, 1.82) is 0 Å². The molecule has 2 aromatic carbocycles. The van der Waals surface area contributed by atoms with E-state index in [1.54, 1.807) is 0 Å². The molecule has 0 bridgehead atoms. The van der Waals surface area contributed by atoms with E-state index < -0.39 is 41.5 Å². The van der Waals surface area contributed by atoms with Crippen LogP contribution in [0.15, 0.2) is 44.8 Å². The Labute approximate surface area is 188 Å². The van der Waals surface area contributed by atoms with Gasteiger partial charge >= 0.3 is 11.9 Å². The zero-order valence-corrected chi connectivity index (χ0v) is 18.1. The van der Waals surface area contributed by atoms with Crippen LogP contribution in [0.25, 0.3) is 22.0 Å². The Bertz CT molecular complexity index is 1220. The molecule has 0 fully saturated rings. The van der Waals surface area contributed by atoms with Gasteiger partial charge in [0.25, 0.3) is 5.56 Å². The molecule has 3 N–H and O–H groups in total. The second-order valence-electron chi connectivity index (χ2n) is 6.94. The highest BCUT2D eigenvalue weighted by Crippen LogP contribution is 2.45. The molecule has 33 heavy (non-hydrogen) atoms. The van der Waals surface area contributed by atoms with E-state index in [2.05, 4.69) is 4.98 Å². The molecule has 1 heterocycles. The molecule has 12 heteroatoms. The first kappa shape index (κ1) is 25.0. The van der Waals surface area contributed by atoms with E-state index in [4.69, 9.17) is 9.47 Å². The van der Waals surface area contributed by atoms with E-state index >= 15 is 0 Å². The van der Waals surface area contributed by atoms with Gasteiger partial charge in [-0.15, -0.1) is 11.8 Å². The summed E-state index contributed by atoms with van der Waals surface area (Å²) in [5, 5.41) is 9.23. The number of nitrogens with one attached hydrogen (secondary N) is 2. The zero-order chi connectivity index (χ0) is 24.2. The minimum atomic E-state index is -4.86. The number of H-pyrrole nitrogens is 2. The van der Waals surface area contributed by atoms with Crippen LogP contribution in [0.1, 0.15) is 5.56 Å². The molecule has 7 nitrogen and oxygen atoms in total. The summed E-state index contributed by atoms with van der Waals surface area (Å²) in [6.45, 7) is -0.0271. The predicted molar refractivity (Wildman–Crippen MR) is 115 cm³/mol. The lowest BCUT2D eigenvalue weighted by atomic mass is 9.97. The van der Waals surface area contributed by atoms with Crippen LogP contribution in [0.5, 0.6) is 0 Å². The number of methoxy groups -OCH3 is 1. The lowest BCUT2D eigenvalue weighted by Crippen LogP contribution is -2.24. The summed E-state index contributed by atoms with van der Waals surface area (Å²) >= 11 is 0.871. The summed E-state index contributed by atoms with van der Waals surface area (Å²) in [4.78, 5) is 28.5. The Balaban J connectivity index is 2.24. The fraction of sp³-hybridized carbons (Fsp3) is 0.333. The standard InChI is InChI=1S/C21H20F4N2O5S/c1-31-6-7-32-13(9-28)10-33-18-16(11-2-4-12(22)5-3-11)15(21(23,24)25)8-14-17(18)26-20(30)27-19(14)29/h2-5,8,13,28H,6-7,9-10H2,1H3,(H2,26,27,29,30). The molecule has 3 rings (SSSR count). The Morgan fingerprint density at radius 1 is 1.12 bits per heavy atom. The molecule has 0 aliphatic rings. The van der Waals surface area contributed by atoms with Crippen LogP contribution in [-0.2, 0) is 15.7 Å². The van der Waals surface area contributed by atoms with Crippen molar-refractivity contribution < 1.29 is 32.1 Å². The molecule has 0 saturated carbocycles. The number of hydrogen-bond donors (Lipinski definition) is 3. The van der Waals surface area contributed by atoms with Crippen molar-refractivity contribution in [2.24, 2.45) is 0 Å². The summed E-state index contributed by atoms with van der Waals surface area (Å²) in [6.07, 6.45) is -5.62. The quantitative estimate of drug-likeness (QED) is 0.243. The average Bonchev–Trinajstić information content (AvgIpc) is 2.75. The van der Waals surface area contributed by atoms with E-state index in [0.29, 0.717) is 6.07 Å². The number of aromatic amines is 2. The summed E-state index contributed by atoms with van der Waals surface area (Å²) in [5.41, 5.74) is -3.39. The highest BCUT2D eigenvalue weighted by atomic mass is 32.2. The summed E-state index contributed by atoms with van der Waals surface area (Å²) in [6, 6.07) is 5.04. The number of benzene rings is 2. The van der Waals surface area contributed by atoms with Gasteiger partial charge in [0, 0.05) is 23.3 Å². The molecule has 178 valence electrons. The molecular weight excluding hydrogens is 468 g/mol. The number of aromatic nitrogens is 2. The lowest BCUT2D eigenvalue weighted by Gasteiger charge is -2.21. The van der Waals surface area contributed by atoms with E-state index in [9.17, 15) is 32.3 Å². The normalized spacial score (nSPS) is 12.9. The van der Waals surface area contributed by atoms with Gasteiger partial charge < -0.3 is 19.6 Å². The summed E-state index contributed by atoms with van der Waals surface area (Å²) in [7, 11) is 1.46. The summed E-state index contributed by atoms with van der Waals surface area (Å²) in [5.74, 6) is -0.640. The van der Waals surface area contributed by atoms with Gasteiger partial charge in [-0.05, 0) is 23.8 Å². The summed E-state index contributed by atoms with van der Waals surface area (Å²) < 4.78 is 66.0. The molecule has 1 atom stereocenters. The third-order valence-corrected chi connectivity index (χ3v) is 5.92. The highest BCUT2D eigenvalue weighted by Gasteiger charge is 2.36. The third kappa shape index (κ3) is 5.82. The van der Waals surface area contributed by atoms with Gasteiger partial charge in [-0.3, -0.25) is 9.78 Å². The van der Waals surface area contributed by atoms with Crippen molar-refractivity contribution in [3.05, 3.63) is 62.6 Å². The Hall–Kier alpha value is -2.67. The number of aliphatic hydroxyl groups excluding tert-OH is 1. The van der Waals surface area contributed by atoms with Gasteiger partial charge in [-0.25, -0.2) is 9.18 Å². The molecule has 0 amide bonds. The highest BCUT2D eigenvalue weighted by molar-refractivity contribution is 7.99. The number of rotatable bonds is 9. The van der Waals surface area contributed by atoms with Crippen molar-refractivity contribution >= 4 is 22.7 Å². The third-order valence-electron chi connectivity index (χ3n) is 4.69. The number of alkyl halides is 3. The van der Waals surface area contributed by atoms with E-state index in [-0.39, 0.29) is 45.9 Å². The monoisotopic (exact) mass is 488 g/mol. The smallest absolute Gasteiger partial charge is 0.394 e. The van der Waals surface area contributed by atoms with Crippen LogP contribution in [0.4, 0.5) is 17.6 Å². The lowest BCUT2D eigenvalue weighted by molar-refractivity contribution is -0.137. The Morgan fingerprint density at radius 3 is 2.42 bits per heavy atom. The van der Waals surface area contributed by atoms with Crippen molar-refractivity contribution in [3.8, 4) is 11.1 Å². The first-order valence-corrected chi connectivity index (χ1v) is 10.6. The predicted octanol–water partition coefficient (Wildman–Crippen LogP) is 3.16.